The molecule has 0 radical (unpaired) electrons. The average molecular weight is 253 g/mol. The van der Waals surface area contributed by atoms with Gasteiger partial charge in [0, 0.05) is 6.04 Å². The summed E-state index contributed by atoms with van der Waals surface area (Å²) in [6, 6.07) is 0.694. The third-order valence-electron chi connectivity index (χ3n) is 3.93. The van der Waals surface area contributed by atoms with Gasteiger partial charge in [0.1, 0.15) is 0 Å². The van der Waals surface area contributed by atoms with E-state index in [9.17, 15) is 0 Å². The van der Waals surface area contributed by atoms with Crippen molar-refractivity contribution in [1.29, 1.82) is 0 Å². The van der Waals surface area contributed by atoms with Crippen molar-refractivity contribution >= 4 is 0 Å². The van der Waals surface area contributed by atoms with Crippen LogP contribution in [0.15, 0.2) is 12.7 Å². The van der Waals surface area contributed by atoms with Crippen LogP contribution in [-0.2, 0) is 0 Å². The Morgan fingerprint density at radius 2 is 1.78 bits per heavy atom. The molecule has 1 nitrogen and oxygen atoms in total. The number of nitrogens with one attached hydrogen (secondary N) is 1. The molecule has 0 aromatic rings. The molecule has 0 aromatic carbocycles. The van der Waals surface area contributed by atoms with Crippen LogP contribution in [0.4, 0.5) is 0 Å². The normalized spacial score (nSPS) is 16.6. The monoisotopic (exact) mass is 253 g/mol. The summed E-state index contributed by atoms with van der Waals surface area (Å²) in [5, 5.41) is 3.56. The molecule has 1 N–H and O–H groups in total. The second-order valence-electron chi connectivity index (χ2n) is 6.28. The molecule has 0 bridgehead atoms. The molecular formula is C17H35N. The molecule has 0 rings (SSSR count). The quantitative estimate of drug-likeness (QED) is 0.509. The van der Waals surface area contributed by atoms with E-state index in [0.717, 1.165) is 24.2 Å². The van der Waals surface area contributed by atoms with Gasteiger partial charge in [-0.3, -0.25) is 0 Å². The first-order valence-corrected chi connectivity index (χ1v) is 7.83. The number of allylic oxidation sites excluding steroid dienone is 1. The van der Waals surface area contributed by atoms with E-state index in [2.05, 4.69) is 52.7 Å². The van der Waals surface area contributed by atoms with E-state index in [0.29, 0.717) is 6.04 Å². The first-order chi connectivity index (χ1) is 8.54. The summed E-state index contributed by atoms with van der Waals surface area (Å²) in [6.45, 7) is 13.2. The smallest absolute Gasteiger partial charge is 0.00925 e. The molecule has 0 fully saturated rings. The lowest BCUT2D eigenvalue weighted by Crippen LogP contribution is -2.34. The van der Waals surface area contributed by atoms with Gasteiger partial charge in [-0.05, 0) is 56.9 Å². The third kappa shape index (κ3) is 7.92. The fourth-order valence-electron chi connectivity index (χ4n) is 2.88. The van der Waals surface area contributed by atoms with Crippen molar-refractivity contribution in [3.05, 3.63) is 12.7 Å². The van der Waals surface area contributed by atoms with Crippen molar-refractivity contribution in [1.82, 2.24) is 5.32 Å². The molecule has 0 saturated heterocycles. The van der Waals surface area contributed by atoms with Gasteiger partial charge in [0.2, 0.25) is 0 Å². The van der Waals surface area contributed by atoms with Crippen molar-refractivity contribution in [3.63, 3.8) is 0 Å². The highest BCUT2D eigenvalue weighted by atomic mass is 14.9. The minimum Gasteiger partial charge on any atom is -0.317 e. The van der Waals surface area contributed by atoms with E-state index in [-0.39, 0.29) is 0 Å². The molecule has 18 heavy (non-hydrogen) atoms. The van der Waals surface area contributed by atoms with E-state index in [1.165, 1.54) is 32.1 Å². The Labute approximate surface area is 115 Å². The van der Waals surface area contributed by atoms with Crippen LogP contribution >= 0.6 is 0 Å². The summed E-state index contributed by atoms with van der Waals surface area (Å²) in [7, 11) is 2.13. The van der Waals surface area contributed by atoms with Gasteiger partial charge < -0.3 is 5.32 Å². The molecule has 3 unspecified atom stereocenters. The van der Waals surface area contributed by atoms with Gasteiger partial charge in [-0.25, -0.2) is 0 Å². The molecule has 0 aliphatic carbocycles. The lowest BCUT2D eigenvalue weighted by molar-refractivity contribution is 0.265. The zero-order chi connectivity index (χ0) is 14.0. The van der Waals surface area contributed by atoms with E-state index < -0.39 is 0 Å². The highest BCUT2D eigenvalue weighted by Crippen LogP contribution is 2.26. The minimum absolute atomic E-state index is 0.694. The molecule has 0 heterocycles. The zero-order valence-corrected chi connectivity index (χ0v) is 13.3. The van der Waals surface area contributed by atoms with Crippen molar-refractivity contribution in [2.45, 2.75) is 72.3 Å². The van der Waals surface area contributed by atoms with Gasteiger partial charge in [-0.1, -0.05) is 40.2 Å². The van der Waals surface area contributed by atoms with Crippen molar-refractivity contribution in [2.75, 3.05) is 7.05 Å². The maximum Gasteiger partial charge on any atom is 0.00925 e. The summed E-state index contributed by atoms with van der Waals surface area (Å²) in [4.78, 5) is 0. The van der Waals surface area contributed by atoms with E-state index in [1.54, 1.807) is 0 Å². The summed E-state index contributed by atoms with van der Waals surface area (Å²) in [5.74, 6) is 2.41. The second kappa shape index (κ2) is 10.6. The average Bonchev–Trinajstić information content (AvgIpc) is 2.29. The highest BCUT2D eigenvalue weighted by molar-refractivity contribution is 4.80. The van der Waals surface area contributed by atoms with Crippen LogP contribution in [0.25, 0.3) is 0 Å². The predicted octanol–water partition coefficient (Wildman–Crippen LogP) is 5.03. The Bertz CT molecular complexity index is 198. The maximum atomic E-state index is 3.86. The molecule has 0 spiro atoms. The van der Waals surface area contributed by atoms with E-state index in [4.69, 9.17) is 0 Å². The van der Waals surface area contributed by atoms with Crippen molar-refractivity contribution in [3.8, 4) is 0 Å². The SMILES string of the molecule is C=CCC(C)CC(CCC)C(CCC(C)C)NC. The molecule has 0 amide bonds. The Kier molecular flexibility index (Phi) is 10.4. The Morgan fingerprint density at radius 1 is 1.11 bits per heavy atom. The summed E-state index contributed by atoms with van der Waals surface area (Å²) in [6.07, 6.45) is 9.86. The van der Waals surface area contributed by atoms with Crippen LogP contribution in [0.1, 0.15) is 66.2 Å². The molecule has 3 atom stereocenters. The fourth-order valence-corrected chi connectivity index (χ4v) is 2.88. The minimum atomic E-state index is 0.694. The zero-order valence-electron chi connectivity index (χ0n) is 13.3. The molecule has 0 aliphatic rings. The molecular weight excluding hydrogens is 218 g/mol. The Balaban J connectivity index is 4.35. The van der Waals surface area contributed by atoms with E-state index >= 15 is 0 Å². The standard InChI is InChI=1S/C17H35N/c1-7-9-15(5)13-16(10-8-2)17(18-6)12-11-14(3)4/h7,14-18H,1,8-13H2,2-6H3. The van der Waals surface area contributed by atoms with Gasteiger partial charge >= 0.3 is 0 Å². The second-order valence-corrected chi connectivity index (χ2v) is 6.28. The van der Waals surface area contributed by atoms with Crippen LogP contribution in [0.2, 0.25) is 0 Å². The number of hydrogen-bond acceptors (Lipinski definition) is 1. The Morgan fingerprint density at radius 3 is 2.22 bits per heavy atom. The predicted molar refractivity (Wildman–Crippen MR) is 83.9 cm³/mol. The summed E-state index contributed by atoms with van der Waals surface area (Å²) in [5.41, 5.74) is 0. The van der Waals surface area contributed by atoms with Gasteiger partial charge in [0.25, 0.3) is 0 Å². The lowest BCUT2D eigenvalue weighted by Gasteiger charge is -2.29. The van der Waals surface area contributed by atoms with Gasteiger partial charge in [-0.15, -0.1) is 6.58 Å². The first-order valence-electron chi connectivity index (χ1n) is 7.83. The van der Waals surface area contributed by atoms with Crippen LogP contribution < -0.4 is 5.32 Å². The summed E-state index contributed by atoms with van der Waals surface area (Å²) >= 11 is 0. The molecule has 0 saturated carbocycles. The van der Waals surface area contributed by atoms with Crippen LogP contribution in [0.5, 0.6) is 0 Å². The summed E-state index contributed by atoms with van der Waals surface area (Å²) < 4.78 is 0. The van der Waals surface area contributed by atoms with Gasteiger partial charge in [0.05, 0.1) is 0 Å². The van der Waals surface area contributed by atoms with Gasteiger partial charge in [0.15, 0.2) is 0 Å². The molecule has 108 valence electrons. The molecule has 0 aliphatic heterocycles. The topological polar surface area (TPSA) is 12.0 Å². The van der Waals surface area contributed by atoms with Gasteiger partial charge in [-0.2, -0.15) is 0 Å². The first kappa shape index (κ1) is 17.7. The van der Waals surface area contributed by atoms with Crippen molar-refractivity contribution < 1.29 is 0 Å². The maximum absolute atomic E-state index is 3.86. The fraction of sp³-hybridized carbons (Fsp3) is 0.882. The van der Waals surface area contributed by atoms with Crippen molar-refractivity contribution in [2.24, 2.45) is 17.8 Å². The molecule has 0 aromatic heterocycles. The van der Waals surface area contributed by atoms with Crippen LogP contribution in [0, 0.1) is 17.8 Å². The van der Waals surface area contributed by atoms with Crippen LogP contribution in [-0.4, -0.2) is 13.1 Å². The lowest BCUT2D eigenvalue weighted by atomic mass is 9.82. The highest BCUT2D eigenvalue weighted by Gasteiger charge is 2.21. The number of hydrogen-bond donors (Lipinski definition) is 1. The largest absolute Gasteiger partial charge is 0.317 e. The Hall–Kier alpha value is -0.300. The third-order valence-corrected chi connectivity index (χ3v) is 3.93. The molecule has 1 heteroatoms. The van der Waals surface area contributed by atoms with E-state index in [1.807, 2.05) is 0 Å². The number of rotatable bonds is 11. The van der Waals surface area contributed by atoms with Crippen LogP contribution in [0.3, 0.4) is 0 Å².